The lowest BCUT2D eigenvalue weighted by molar-refractivity contribution is -0.384. The maximum Gasteiger partial charge on any atom is 0.271 e. The number of nitro benzene ring substituents is 1. The molecule has 0 atom stereocenters. The average Bonchev–Trinajstić information content (AvgIpc) is 2.62. The van der Waals surface area contributed by atoms with Gasteiger partial charge in [-0.25, -0.2) is 0 Å². The predicted molar refractivity (Wildman–Crippen MR) is 98.8 cm³/mol. The van der Waals surface area contributed by atoms with Crippen molar-refractivity contribution in [2.75, 3.05) is 13.7 Å². The van der Waals surface area contributed by atoms with Crippen molar-refractivity contribution in [1.82, 2.24) is 4.57 Å². The van der Waals surface area contributed by atoms with Gasteiger partial charge >= 0.3 is 0 Å². The van der Waals surface area contributed by atoms with E-state index in [1.54, 1.807) is 13.8 Å². The maximum absolute atomic E-state index is 12.3. The molecule has 1 N–H and O–H groups in total. The van der Waals surface area contributed by atoms with Gasteiger partial charge < -0.3 is 9.84 Å². The van der Waals surface area contributed by atoms with Crippen LogP contribution in [0.1, 0.15) is 22.3 Å². The van der Waals surface area contributed by atoms with Crippen molar-refractivity contribution in [3.05, 3.63) is 60.9 Å². The third-order valence-corrected chi connectivity index (χ3v) is 4.09. The van der Waals surface area contributed by atoms with Crippen molar-refractivity contribution in [3.63, 3.8) is 0 Å². The van der Waals surface area contributed by atoms with Crippen LogP contribution in [0.25, 0.3) is 0 Å². The number of non-ortho nitro benzene ring substituents is 1. The van der Waals surface area contributed by atoms with E-state index in [1.165, 1.54) is 31.5 Å². The summed E-state index contributed by atoms with van der Waals surface area (Å²) in [5.74, 6) is -0.322. The molecular weight excluding hydrogens is 352 g/mol. The second-order valence-corrected chi connectivity index (χ2v) is 5.78. The SMILES string of the molecule is COCCn1c(O)c(C=Nc2ccc([N+](=O)[O-])cc2C)c(C)c(C#N)c1=O. The van der Waals surface area contributed by atoms with Crippen LogP contribution >= 0.6 is 0 Å². The summed E-state index contributed by atoms with van der Waals surface area (Å²) in [5.41, 5.74) is 0.819. The van der Waals surface area contributed by atoms with Crippen LogP contribution in [-0.4, -0.2) is 34.5 Å². The number of nitriles is 1. The van der Waals surface area contributed by atoms with Gasteiger partial charge in [-0.2, -0.15) is 5.26 Å². The van der Waals surface area contributed by atoms with Crippen molar-refractivity contribution in [2.45, 2.75) is 20.4 Å². The Labute approximate surface area is 154 Å². The molecule has 0 aliphatic carbocycles. The smallest absolute Gasteiger partial charge is 0.271 e. The van der Waals surface area contributed by atoms with Crippen LogP contribution in [0, 0.1) is 35.3 Å². The summed E-state index contributed by atoms with van der Waals surface area (Å²) in [4.78, 5) is 26.9. The molecule has 0 aliphatic heterocycles. The third kappa shape index (κ3) is 4.02. The van der Waals surface area contributed by atoms with E-state index in [2.05, 4.69) is 4.99 Å². The first-order chi connectivity index (χ1) is 12.8. The second kappa shape index (κ2) is 8.25. The van der Waals surface area contributed by atoms with E-state index in [1.807, 2.05) is 6.07 Å². The Bertz CT molecular complexity index is 1020. The molecule has 0 fully saturated rings. The molecular formula is C18H18N4O5. The van der Waals surface area contributed by atoms with Crippen molar-refractivity contribution >= 4 is 17.6 Å². The van der Waals surface area contributed by atoms with Gasteiger partial charge in [-0.1, -0.05) is 0 Å². The highest BCUT2D eigenvalue weighted by Gasteiger charge is 2.18. The molecule has 0 radical (unpaired) electrons. The molecule has 1 heterocycles. The molecule has 140 valence electrons. The molecule has 0 bridgehead atoms. The van der Waals surface area contributed by atoms with Crippen molar-refractivity contribution in [1.29, 1.82) is 5.26 Å². The van der Waals surface area contributed by atoms with Crippen LogP contribution in [0.2, 0.25) is 0 Å². The molecule has 1 aromatic carbocycles. The van der Waals surface area contributed by atoms with E-state index in [-0.39, 0.29) is 35.8 Å². The number of nitro groups is 1. The first-order valence-electron chi connectivity index (χ1n) is 7.96. The van der Waals surface area contributed by atoms with Gasteiger partial charge in [0.05, 0.1) is 29.3 Å². The number of pyridine rings is 1. The van der Waals surface area contributed by atoms with Gasteiger partial charge in [-0.3, -0.25) is 24.5 Å². The van der Waals surface area contributed by atoms with Gasteiger partial charge in [0, 0.05) is 25.5 Å². The van der Waals surface area contributed by atoms with E-state index in [9.17, 15) is 25.3 Å². The van der Waals surface area contributed by atoms with Gasteiger partial charge in [-0.15, -0.1) is 0 Å². The normalized spacial score (nSPS) is 10.9. The van der Waals surface area contributed by atoms with Crippen LogP contribution in [0.3, 0.4) is 0 Å². The van der Waals surface area contributed by atoms with Gasteiger partial charge in [-0.05, 0) is 31.0 Å². The lowest BCUT2D eigenvalue weighted by Crippen LogP contribution is -2.26. The number of rotatable bonds is 6. The van der Waals surface area contributed by atoms with E-state index < -0.39 is 10.5 Å². The summed E-state index contributed by atoms with van der Waals surface area (Å²) in [7, 11) is 1.46. The minimum Gasteiger partial charge on any atom is -0.494 e. The average molecular weight is 370 g/mol. The summed E-state index contributed by atoms with van der Waals surface area (Å²) in [6.07, 6.45) is 1.34. The van der Waals surface area contributed by atoms with Crippen LogP contribution in [0.5, 0.6) is 5.88 Å². The Kier molecular flexibility index (Phi) is 6.05. The fourth-order valence-corrected chi connectivity index (χ4v) is 2.55. The van der Waals surface area contributed by atoms with Gasteiger partial charge in [0.2, 0.25) is 5.88 Å². The van der Waals surface area contributed by atoms with Crippen molar-refractivity contribution in [3.8, 4) is 11.9 Å². The van der Waals surface area contributed by atoms with E-state index >= 15 is 0 Å². The fourth-order valence-electron chi connectivity index (χ4n) is 2.55. The first-order valence-corrected chi connectivity index (χ1v) is 7.96. The Morgan fingerprint density at radius 3 is 2.70 bits per heavy atom. The number of aliphatic imine (C=N–C) groups is 1. The number of benzene rings is 1. The summed E-state index contributed by atoms with van der Waals surface area (Å²) < 4.78 is 5.99. The highest BCUT2D eigenvalue weighted by Crippen LogP contribution is 2.25. The number of ether oxygens (including phenoxy) is 1. The topological polar surface area (TPSA) is 131 Å². The fraction of sp³-hybridized carbons (Fsp3) is 0.278. The molecule has 0 saturated carbocycles. The Balaban J connectivity index is 2.55. The molecule has 1 aromatic heterocycles. The zero-order valence-electron chi connectivity index (χ0n) is 15.1. The largest absolute Gasteiger partial charge is 0.494 e. The third-order valence-electron chi connectivity index (χ3n) is 4.09. The number of hydrogen-bond donors (Lipinski definition) is 1. The standard InChI is InChI=1S/C18H18N4O5/c1-11-8-13(22(25)26)4-5-16(11)20-10-15-12(2)14(9-19)17(23)21(18(15)24)6-7-27-3/h4-5,8,10,24H,6-7H2,1-3H3. The van der Waals surface area contributed by atoms with Crippen LogP contribution < -0.4 is 5.56 Å². The Morgan fingerprint density at radius 2 is 2.15 bits per heavy atom. The predicted octanol–water partition coefficient (Wildman–Crippen LogP) is 2.35. The molecule has 0 saturated heterocycles. The van der Waals surface area contributed by atoms with E-state index in [0.29, 0.717) is 16.8 Å². The minimum absolute atomic E-state index is 0.0506. The summed E-state index contributed by atoms with van der Waals surface area (Å²) in [5, 5.41) is 30.6. The Morgan fingerprint density at radius 1 is 1.44 bits per heavy atom. The number of aryl methyl sites for hydroxylation is 1. The van der Waals surface area contributed by atoms with Crippen LogP contribution in [0.15, 0.2) is 28.0 Å². The molecule has 0 amide bonds. The van der Waals surface area contributed by atoms with E-state index in [4.69, 9.17) is 4.74 Å². The number of hydrogen-bond acceptors (Lipinski definition) is 7. The highest BCUT2D eigenvalue weighted by molar-refractivity contribution is 5.87. The second-order valence-electron chi connectivity index (χ2n) is 5.78. The van der Waals surface area contributed by atoms with Gasteiger partial charge in [0.1, 0.15) is 11.6 Å². The number of aromatic nitrogens is 1. The van der Waals surface area contributed by atoms with Crippen molar-refractivity contribution < 1.29 is 14.8 Å². The highest BCUT2D eigenvalue weighted by atomic mass is 16.6. The van der Waals surface area contributed by atoms with E-state index in [0.717, 1.165) is 4.57 Å². The zero-order chi connectivity index (χ0) is 20.1. The molecule has 0 unspecified atom stereocenters. The van der Waals surface area contributed by atoms with Gasteiger partial charge in [0.25, 0.3) is 11.2 Å². The first kappa shape index (κ1) is 19.8. The lowest BCUT2D eigenvalue weighted by atomic mass is 10.1. The van der Waals surface area contributed by atoms with Crippen LogP contribution in [0.4, 0.5) is 11.4 Å². The molecule has 0 spiro atoms. The Hall–Kier alpha value is -3.51. The number of aromatic hydroxyl groups is 1. The summed E-state index contributed by atoms with van der Waals surface area (Å²) >= 11 is 0. The van der Waals surface area contributed by atoms with Crippen LogP contribution in [-0.2, 0) is 11.3 Å². The minimum atomic E-state index is -0.604. The molecule has 9 nitrogen and oxygen atoms in total. The molecule has 2 rings (SSSR count). The summed E-state index contributed by atoms with van der Waals surface area (Å²) in [6, 6.07) is 6.06. The zero-order valence-corrected chi connectivity index (χ0v) is 15.1. The molecule has 27 heavy (non-hydrogen) atoms. The van der Waals surface area contributed by atoms with Crippen molar-refractivity contribution in [2.24, 2.45) is 4.99 Å². The maximum atomic E-state index is 12.3. The molecule has 0 aliphatic rings. The van der Waals surface area contributed by atoms with Gasteiger partial charge in [0.15, 0.2) is 0 Å². The number of methoxy groups -OCH3 is 1. The quantitative estimate of drug-likeness (QED) is 0.472. The number of nitrogens with zero attached hydrogens (tertiary/aromatic N) is 4. The lowest BCUT2D eigenvalue weighted by Gasteiger charge is -2.13. The molecule has 2 aromatic rings. The molecule has 9 heteroatoms. The summed E-state index contributed by atoms with van der Waals surface area (Å²) in [6.45, 7) is 3.48. The monoisotopic (exact) mass is 370 g/mol.